The number of amides is 1. The third-order valence-corrected chi connectivity index (χ3v) is 3.01. The van der Waals surface area contributed by atoms with Gasteiger partial charge in [-0.2, -0.15) is 0 Å². The van der Waals surface area contributed by atoms with E-state index in [1.807, 2.05) is 13.8 Å². The van der Waals surface area contributed by atoms with Gasteiger partial charge >= 0.3 is 11.9 Å². The fraction of sp³-hybridized carbons (Fsp3) is 0.733. The lowest BCUT2D eigenvalue weighted by molar-refractivity contribution is -0.148. The quantitative estimate of drug-likeness (QED) is 0.604. The van der Waals surface area contributed by atoms with Crippen molar-refractivity contribution in [2.75, 3.05) is 14.2 Å². The predicted molar refractivity (Wildman–Crippen MR) is 78.9 cm³/mol. The van der Waals surface area contributed by atoms with Crippen LogP contribution in [0.3, 0.4) is 0 Å². The second kappa shape index (κ2) is 10.8. The maximum Gasteiger partial charge on any atom is 0.309 e. The summed E-state index contributed by atoms with van der Waals surface area (Å²) < 4.78 is 9.14. The van der Waals surface area contributed by atoms with Gasteiger partial charge in [-0.3, -0.25) is 19.2 Å². The van der Waals surface area contributed by atoms with Crippen LogP contribution < -0.4 is 5.32 Å². The van der Waals surface area contributed by atoms with Crippen molar-refractivity contribution in [3.05, 3.63) is 0 Å². The van der Waals surface area contributed by atoms with Crippen LogP contribution in [0.4, 0.5) is 0 Å². The van der Waals surface area contributed by atoms with E-state index in [2.05, 4.69) is 14.8 Å². The highest BCUT2D eigenvalue weighted by atomic mass is 16.5. The Hall–Kier alpha value is -1.92. The average molecular weight is 315 g/mol. The second-order valence-corrected chi connectivity index (χ2v) is 5.30. The van der Waals surface area contributed by atoms with Gasteiger partial charge in [0.1, 0.15) is 5.78 Å². The fourth-order valence-corrected chi connectivity index (χ4v) is 1.89. The monoisotopic (exact) mass is 315 g/mol. The van der Waals surface area contributed by atoms with Crippen LogP contribution in [-0.2, 0) is 28.7 Å². The fourth-order valence-electron chi connectivity index (χ4n) is 1.89. The smallest absolute Gasteiger partial charge is 0.309 e. The highest BCUT2D eigenvalue weighted by Gasteiger charge is 2.24. The Kier molecular flexibility index (Phi) is 9.82. The Labute approximate surface area is 130 Å². The van der Waals surface area contributed by atoms with E-state index in [1.54, 1.807) is 0 Å². The molecule has 1 amide bonds. The molecule has 0 bridgehead atoms. The van der Waals surface area contributed by atoms with Crippen molar-refractivity contribution in [2.24, 2.45) is 5.92 Å². The van der Waals surface area contributed by atoms with Crippen molar-refractivity contribution in [1.82, 2.24) is 5.32 Å². The highest BCUT2D eigenvalue weighted by Crippen LogP contribution is 2.16. The normalized spacial score (nSPS) is 11.7. The second-order valence-electron chi connectivity index (χ2n) is 5.30. The van der Waals surface area contributed by atoms with E-state index >= 15 is 0 Å². The molecule has 0 heterocycles. The number of Topliss-reactive ketones (excluding diaryl/α,β-unsaturated/α-hetero) is 1. The van der Waals surface area contributed by atoms with Gasteiger partial charge in [0.05, 0.1) is 20.1 Å². The van der Waals surface area contributed by atoms with Crippen molar-refractivity contribution in [2.45, 2.75) is 52.0 Å². The maximum atomic E-state index is 11.9. The van der Waals surface area contributed by atoms with Gasteiger partial charge in [-0.25, -0.2) is 0 Å². The molecule has 0 aromatic heterocycles. The van der Waals surface area contributed by atoms with Gasteiger partial charge in [-0.15, -0.1) is 0 Å². The lowest BCUT2D eigenvalue weighted by atomic mass is 9.95. The van der Waals surface area contributed by atoms with Crippen LogP contribution in [0.25, 0.3) is 0 Å². The van der Waals surface area contributed by atoms with E-state index in [1.165, 1.54) is 14.2 Å². The number of rotatable bonds is 10. The molecule has 1 N–H and O–H groups in total. The molecular formula is C15H25NO6. The SMILES string of the molecule is COC(=O)CCC(CC(=O)CCC(=O)NC(C)C)C(=O)OC. The summed E-state index contributed by atoms with van der Waals surface area (Å²) in [5.41, 5.74) is 0. The minimum atomic E-state index is -0.690. The molecule has 1 unspecified atom stereocenters. The molecule has 1 atom stereocenters. The zero-order valence-corrected chi connectivity index (χ0v) is 13.6. The molecule has 7 heteroatoms. The summed E-state index contributed by atoms with van der Waals surface area (Å²) >= 11 is 0. The predicted octanol–water partition coefficient (Wildman–Crippen LogP) is 0.993. The number of hydrogen-bond acceptors (Lipinski definition) is 6. The first-order valence-electron chi connectivity index (χ1n) is 7.25. The van der Waals surface area contributed by atoms with Crippen LogP contribution >= 0.6 is 0 Å². The molecule has 22 heavy (non-hydrogen) atoms. The number of esters is 2. The number of hydrogen-bond donors (Lipinski definition) is 1. The number of carbonyl (C=O) groups excluding carboxylic acids is 4. The van der Waals surface area contributed by atoms with E-state index in [0.717, 1.165) is 0 Å². The standard InChI is InChI=1S/C15H25NO6/c1-10(2)16-13(18)7-6-12(17)9-11(15(20)22-4)5-8-14(19)21-3/h10-11H,5-9H2,1-4H3,(H,16,18). The molecule has 7 nitrogen and oxygen atoms in total. The summed E-state index contributed by atoms with van der Waals surface area (Å²) in [5.74, 6) is -2.09. The Morgan fingerprint density at radius 1 is 0.955 bits per heavy atom. The molecule has 0 radical (unpaired) electrons. The topological polar surface area (TPSA) is 98.8 Å². The molecule has 0 rings (SSSR count). The molecular weight excluding hydrogens is 290 g/mol. The molecule has 0 spiro atoms. The number of methoxy groups -OCH3 is 2. The third-order valence-electron chi connectivity index (χ3n) is 3.01. The average Bonchev–Trinajstić information content (AvgIpc) is 2.47. The zero-order valence-electron chi connectivity index (χ0n) is 13.6. The maximum absolute atomic E-state index is 11.9. The number of ketones is 1. The highest BCUT2D eigenvalue weighted by molar-refractivity contribution is 5.88. The van der Waals surface area contributed by atoms with Crippen molar-refractivity contribution in [3.8, 4) is 0 Å². The summed E-state index contributed by atoms with van der Waals surface area (Å²) in [6.07, 6.45) is 0.325. The molecule has 0 saturated carbocycles. The first kappa shape index (κ1) is 20.1. The van der Waals surface area contributed by atoms with Crippen molar-refractivity contribution in [1.29, 1.82) is 0 Å². The minimum Gasteiger partial charge on any atom is -0.469 e. The lowest BCUT2D eigenvalue weighted by Crippen LogP contribution is -2.30. The molecule has 0 aromatic rings. The Morgan fingerprint density at radius 2 is 1.59 bits per heavy atom. The van der Waals surface area contributed by atoms with Crippen LogP contribution in [0.15, 0.2) is 0 Å². The first-order valence-corrected chi connectivity index (χ1v) is 7.25. The molecule has 0 aliphatic carbocycles. The number of ether oxygens (including phenoxy) is 2. The first-order chi connectivity index (χ1) is 10.3. The summed E-state index contributed by atoms with van der Waals surface area (Å²) in [7, 11) is 2.49. The molecule has 0 aromatic carbocycles. The van der Waals surface area contributed by atoms with Crippen LogP contribution in [-0.4, -0.2) is 43.9 Å². The Morgan fingerprint density at radius 3 is 2.09 bits per heavy atom. The van der Waals surface area contributed by atoms with Gasteiger partial charge in [-0.1, -0.05) is 0 Å². The van der Waals surface area contributed by atoms with Crippen LogP contribution in [0, 0.1) is 5.92 Å². The van der Waals surface area contributed by atoms with Crippen molar-refractivity contribution < 1.29 is 28.7 Å². The Bertz CT molecular complexity index is 405. The van der Waals surface area contributed by atoms with Gasteiger partial charge in [0.2, 0.25) is 5.91 Å². The van der Waals surface area contributed by atoms with E-state index in [0.29, 0.717) is 0 Å². The number of nitrogens with one attached hydrogen (secondary N) is 1. The molecule has 0 aliphatic heterocycles. The van der Waals surface area contributed by atoms with E-state index in [9.17, 15) is 19.2 Å². The zero-order chi connectivity index (χ0) is 17.1. The van der Waals surface area contributed by atoms with E-state index in [-0.39, 0.29) is 49.8 Å². The third kappa shape index (κ3) is 9.10. The van der Waals surface area contributed by atoms with E-state index < -0.39 is 17.9 Å². The Balaban J connectivity index is 4.34. The van der Waals surface area contributed by atoms with E-state index in [4.69, 9.17) is 0 Å². The lowest BCUT2D eigenvalue weighted by Gasteiger charge is -2.13. The molecule has 126 valence electrons. The molecule has 0 saturated heterocycles. The summed E-state index contributed by atoms with van der Waals surface area (Å²) in [5, 5.41) is 2.69. The minimum absolute atomic E-state index is 0.0190. The molecule has 0 fully saturated rings. The van der Waals surface area contributed by atoms with Gasteiger partial charge in [0.25, 0.3) is 0 Å². The largest absolute Gasteiger partial charge is 0.469 e. The van der Waals surface area contributed by atoms with Gasteiger partial charge in [0.15, 0.2) is 0 Å². The van der Waals surface area contributed by atoms with Gasteiger partial charge in [0, 0.05) is 31.7 Å². The number of carbonyl (C=O) groups is 4. The van der Waals surface area contributed by atoms with Crippen molar-refractivity contribution >= 4 is 23.6 Å². The summed E-state index contributed by atoms with van der Waals surface area (Å²) in [4.78, 5) is 46.1. The van der Waals surface area contributed by atoms with Gasteiger partial charge < -0.3 is 14.8 Å². The van der Waals surface area contributed by atoms with Gasteiger partial charge in [-0.05, 0) is 20.3 Å². The summed E-state index contributed by atoms with van der Waals surface area (Å²) in [6.45, 7) is 3.67. The van der Waals surface area contributed by atoms with Crippen LogP contribution in [0.1, 0.15) is 46.0 Å². The molecule has 0 aliphatic rings. The summed E-state index contributed by atoms with van der Waals surface area (Å²) in [6, 6.07) is 0.0190. The van der Waals surface area contributed by atoms with Crippen molar-refractivity contribution in [3.63, 3.8) is 0 Å². The van der Waals surface area contributed by atoms with Crippen LogP contribution in [0.5, 0.6) is 0 Å². The van der Waals surface area contributed by atoms with Crippen LogP contribution in [0.2, 0.25) is 0 Å².